The number of aryl methyl sites for hydroxylation is 3. The first-order valence-electron chi connectivity index (χ1n) is 10.1. The maximum absolute atomic E-state index is 10.9. The summed E-state index contributed by atoms with van der Waals surface area (Å²) in [5.74, 6) is 0.479. The Kier molecular flexibility index (Phi) is 7.48. The van der Waals surface area contributed by atoms with Gasteiger partial charge in [-0.25, -0.2) is 0 Å². The molecule has 0 heterocycles. The topological polar surface area (TPSA) is 32.3 Å². The van der Waals surface area contributed by atoms with Gasteiger partial charge >= 0.3 is 0 Å². The summed E-state index contributed by atoms with van der Waals surface area (Å²) in [6, 6.07) is 11.4. The molecule has 148 valence electrons. The summed E-state index contributed by atoms with van der Waals surface area (Å²) in [5, 5.41) is 15.9. The highest BCUT2D eigenvalue weighted by Crippen LogP contribution is 2.51. The van der Waals surface area contributed by atoms with Crippen molar-refractivity contribution in [1.29, 1.82) is 0 Å². The standard InChI is InChI=1S/C24H36NOP/c1-8-24(9-2,21-14-17(5)13-19(7)22(21)26)27-23-18(6)11-10-12-20(23)15-25-16(3)4/h10-14,16,25-27H,8-9,15H2,1-7H3. The molecule has 0 saturated heterocycles. The second-order valence-electron chi connectivity index (χ2n) is 8.04. The Hall–Kier alpha value is -1.37. The smallest absolute Gasteiger partial charge is 0.122 e. The molecule has 0 radical (unpaired) electrons. The van der Waals surface area contributed by atoms with Crippen molar-refractivity contribution in [1.82, 2.24) is 5.32 Å². The van der Waals surface area contributed by atoms with E-state index in [0.717, 1.165) is 30.5 Å². The Labute approximate surface area is 167 Å². The van der Waals surface area contributed by atoms with Gasteiger partial charge in [-0.15, -0.1) is 0 Å². The number of rotatable bonds is 8. The third-order valence-electron chi connectivity index (χ3n) is 5.59. The normalized spacial score (nSPS) is 12.4. The molecule has 1 unspecified atom stereocenters. The molecule has 0 fully saturated rings. The van der Waals surface area contributed by atoms with Crippen LogP contribution in [0.4, 0.5) is 0 Å². The molecule has 3 heteroatoms. The molecule has 27 heavy (non-hydrogen) atoms. The molecule has 0 aliphatic carbocycles. The molecule has 2 aromatic rings. The van der Waals surface area contributed by atoms with E-state index in [1.54, 1.807) is 0 Å². The first-order valence-corrected chi connectivity index (χ1v) is 11.1. The highest BCUT2D eigenvalue weighted by molar-refractivity contribution is 7.48. The van der Waals surface area contributed by atoms with Crippen molar-refractivity contribution in [2.24, 2.45) is 0 Å². The van der Waals surface area contributed by atoms with E-state index in [0.29, 0.717) is 20.4 Å². The van der Waals surface area contributed by atoms with Gasteiger partial charge in [-0.05, 0) is 55.6 Å². The van der Waals surface area contributed by atoms with Crippen molar-refractivity contribution in [2.75, 3.05) is 0 Å². The fraction of sp³-hybridized carbons (Fsp3) is 0.500. The average Bonchev–Trinajstić information content (AvgIpc) is 2.63. The van der Waals surface area contributed by atoms with Crippen molar-refractivity contribution < 1.29 is 5.11 Å². The molecule has 0 aromatic heterocycles. The van der Waals surface area contributed by atoms with Gasteiger partial charge in [0.05, 0.1) is 0 Å². The lowest BCUT2D eigenvalue weighted by Crippen LogP contribution is -2.28. The van der Waals surface area contributed by atoms with Crippen LogP contribution in [0.3, 0.4) is 0 Å². The number of aromatic hydroxyl groups is 1. The molecule has 0 bridgehead atoms. The summed E-state index contributed by atoms with van der Waals surface area (Å²) in [6.07, 6.45) is 2.04. The number of phenolic OH excluding ortho intramolecular Hbond substituents is 1. The van der Waals surface area contributed by atoms with Gasteiger partial charge in [0.25, 0.3) is 0 Å². The van der Waals surface area contributed by atoms with E-state index >= 15 is 0 Å². The minimum absolute atomic E-state index is 0.0282. The lowest BCUT2D eigenvalue weighted by atomic mass is 9.89. The quantitative estimate of drug-likeness (QED) is 0.560. The number of benzene rings is 2. The minimum atomic E-state index is -0.0282. The summed E-state index contributed by atoms with van der Waals surface area (Å²) in [6.45, 7) is 16.2. The number of hydrogen-bond acceptors (Lipinski definition) is 2. The lowest BCUT2D eigenvalue weighted by Gasteiger charge is -2.35. The molecule has 0 spiro atoms. The Morgan fingerprint density at radius 3 is 2.30 bits per heavy atom. The molecular formula is C24H36NOP. The summed E-state index contributed by atoms with van der Waals surface area (Å²) in [5.41, 5.74) is 6.06. The Bertz CT molecular complexity index is 778. The van der Waals surface area contributed by atoms with E-state index in [9.17, 15) is 5.11 Å². The second kappa shape index (κ2) is 9.22. The molecule has 0 aliphatic rings. The van der Waals surface area contributed by atoms with Crippen molar-refractivity contribution in [3.63, 3.8) is 0 Å². The van der Waals surface area contributed by atoms with Crippen LogP contribution in [0.5, 0.6) is 5.75 Å². The molecule has 2 rings (SSSR count). The third kappa shape index (κ3) is 4.92. The van der Waals surface area contributed by atoms with E-state index in [1.807, 2.05) is 6.92 Å². The zero-order valence-corrected chi connectivity index (χ0v) is 19.0. The van der Waals surface area contributed by atoms with Crippen molar-refractivity contribution in [2.45, 2.75) is 79.1 Å². The SMILES string of the molecule is CCC(CC)(Pc1c(C)cccc1CNC(C)C)c1cc(C)cc(C)c1O. The van der Waals surface area contributed by atoms with E-state index in [4.69, 9.17) is 0 Å². The van der Waals surface area contributed by atoms with Gasteiger partial charge < -0.3 is 10.4 Å². The Balaban J connectivity index is 2.54. The molecule has 2 aromatic carbocycles. The first kappa shape index (κ1) is 21.9. The summed E-state index contributed by atoms with van der Waals surface area (Å²) < 4.78 is 0. The highest BCUT2D eigenvalue weighted by Gasteiger charge is 2.33. The van der Waals surface area contributed by atoms with Gasteiger partial charge in [-0.1, -0.05) is 72.2 Å². The average molecular weight is 386 g/mol. The van der Waals surface area contributed by atoms with Crippen LogP contribution in [0.2, 0.25) is 0 Å². The van der Waals surface area contributed by atoms with Crippen LogP contribution in [0, 0.1) is 20.8 Å². The lowest BCUT2D eigenvalue weighted by molar-refractivity contribution is 0.444. The van der Waals surface area contributed by atoms with Crippen molar-refractivity contribution >= 4 is 13.9 Å². The van der Waals surface area contributed by atoms with E-state index < -0.39 is 0 Å². The first-order chi connectivity index (χ1) is 12.7. The summed E-state index contributed by atoms with van der Waals surface area (Å²) >= 11 is 0. The molecule has 2 N–H and O–H groups in total. The number of hydrogen-bond donors (Lipinski definition) is 2. The second-order valence-corrected chi connectivity index (χ2v) is 9.74. The Morgan fingerprint density at radius 2 is 1.70 bits per heavy atom. The highest BCUT2D eigenvalue weighted by atomic mass is 31.1. The maximum Gasteiger partial charge on any atom is 0.122 e. The maximum atomic E-state index is 10.9. The summed E-state index contributed by atoms with van der Waals surface area (Å²) in [4.78, 5) is 0. The largest absolute Gasteiger partial charge is 0.507 e. The number of phenols is 1. The van der Waals surface area contributed by atoms with Crippen molar-refractivity contribution in [3.8, 4) is 5.75 Å². The molecule has 0 aliphatic heterocycles. The predicted octanol–water partition coefficient (Wildman–Crippen LogP) is 5.83. The van der Waals surface area contributed by atoms with Crippen LogP contribution in [0.15, 0.2) is 30.3 Å². The third-order valence-corrected chi connectivity index (χ3v) is 8.01. The van der Waals surface area contributed by atoms with Gasteiger partial charge in [0.2, 0.25) is 0 Å². The van der Waals surface area contributed by atoms with Crippen LogP contribution < -0.4 is 10.6 Å². The summed E-state index contributed by atoms with van der Waals surface area (Å²) in [7, 11) is 0.634. The van der Waals surface area contributed by atoms with Gasteiger partial charge in [0, 0.05) is 23.3 Å². The molecule has 0 amide bonds. The molecular weight excluding hydrogens is 349 g/mol. The fourth-order valence-electron chi connectivity index (χ4n) is 3.81. The van der Waals surface area contributed by atoms with E-state index in [-0.39, 0.29) is 5.16 Å². The van der Waals surface area contributed by atoms with E-state index in [1.165, 1.54) is 22.0 Å². The van der Waals surface area contributed by atoms with Crippen molar-refractivity contribution in [3.05, 3.63) is 58.1 Å². The zero-order chi connectivity index (χ0) is 20.2. The van der Waals surface area contributed by atoms with Gasteiger partial charge in [0.1, 0.15) is 5.75 Å². The van der Waals surface area contributed by atoms with Crippen LogP contribution >= 0.6 is 8.58 Å². The number of nitrogens with one attached hydrogen (secondary N) is 1. The van der Waals surface area contributed by atoms with Crippen LogP contribution in [-0.2, 0) is 11.7 Å². The molecule has 0 saturated carbocycles. The molecule has 2 nitrogen and oxygen atoms in total. The minimum Gasteiger partial charge on any atom is -0.507 e. The van der Waals surface area contributed by atoms with E-state index in [2.05, 4.69) is 77.2 Å². The Morgan fingerprint density at radius 1 is 1.04 bits per heavy atom. The van der Waals surface area contributed by atoms with Gasteiger partial charge in [0.15, 0.2) is 0 Å². The zero-order valence-electron chi connectivity index (χ0n) is 18.0. The predicted molar refractivity (Wildman–Crippen MR) is 121 cm³/mol. The monoisotopic (exact) mass is 385 g/mol. The van der Waals surface area contributed by atoms with Crippen LogP contribution in [0.25, 0.3) is 0 Å². The van der Waals surface area contributed by atoms with Gasteiger partial charge in [-0.2, -0.15) is 0 Å². The van der Waals surface area contributed by atoms with Crippen LogP contribution in [-0.4, -0.2) is 11.1 Å². The molecule has 1 atom stereocenters. The van der Waals surface area contributed by atoms with Gasteiger partial charge in [-0.3, -0.25) is 0 Å². The fourth-order valence-corrected chi connectivity index (χ4v) is 5.58. The van der Waals surface area contributed by atoms with Crippen LogP contribution in [0.1, 0.15) is 68.4 Å².